The summed E-state index contributed by atoms with van der Waals surface area (Å²) in [6.45, 7) is 3.11. The average Bonchev–Trinajstić information content (AvgIpc) is 3.18. The number of esters is 2. The number of hydrogen-bond donors (Lipinski definition) is 7. The zero-order chi connectivity index (χ0) is 43.9. The predicted octanol–water partition coefficient (Wildman–Crippen LogP) is 7.84. The van der Waals surface area contributed by atoms with Crippen molar-refractivity contribution < 1.29 is 76.9 Å². The second-order valence-electron chi connectivity index (χ2n) is 16.1. The molecule has 0 bridgehead atoms. The highest BCUT2D eigenvalue weighted by atomic mass is 31.2. The van der Waals surface area contributed by atoms with Gasteiger partial charge in [-0.05, 0) is 12.8 Å². The predicted molar refractivity (Wildman–Crippen MR) is 223 cm³/mol. The standard InChI is InChI=1S/C41H80O16P2/c1-3-5-7-9-11-13-15-17-19-21-23-25-27-29-34(42)53-31-33(55-35(43)30-28-26-24-22-20-18-16-14-12-10-8-6-4-2)32-54-59(51,52)57-41-38(46)36(44)37(45)40(39(41)47)56-58(48,49)50/h33,36-41,44-47H,3-32H2,1-2H3,(H,51,52)(H2,48,49,50)/t33?,36-,37-,38+,39+,40+,41-/m0/s1. The molecule has 8 atom stereocenters. The molecule has 0 aromatic heterocycles. The van der Waals surface area contributed by atoms with Gasteiger partial charge in [0, 0.05) is 12.8 Å². The number of carbonyl (C=O) groups excluding carboxylic acids is 2. The summed E-state index contributed by atoms with van der Waals surface area (Å²) in [5.41, 5.74) is 0. The van der Waals surface area contributed by atoms with E-state index in [0.29, 0.717) is 12.8 Å². The van der Waals surface area contributed by atoms with Crippen molar-refractivity contribution in [3.63, 3.8) is 0 Å². The summed E-state index contributed by atoms with van der Waals surface area (Å²) in [5.74, 6) is -1.19. The van der Waals surface area contributed by atoms with Gasteiger partial charge in [-0.15, -0.1) is 0 Å². The van der Waals surface area contributed by atoms with Gasteiger partial charge in [0.1, 0.15) is 43.2 Å². The van der Waals surface area contributed by atoms with Gasteiger partial charge in [-0.1, -0.05) is 168 Å². The maximum absolute atomic E-state index is 12.9. The fourth-order valence-electron chi connectivity index (χ4n) is 7.14. The van der Waals surface area contributed by atoms with Crippen LogP contribution in [0, 0.1) is 0 Å². The highest BCUT2D eigenvalue weighted by Crippen LogP contribution is 2.49. The molecule has 16 nitrogen and oxygen atoms in total. The van der Waals surface area contributed by atoms with Crippen LogP contribution in [0.4, 0.5) is 0 Å². The molecule has 0 aromatic rings. The minimum Gasteiger partial charge on any atom is -0.462 e. The summed E-state index contributed by atoms with van der Waals surface area (Å²) in [7, 11) is -10.6. The van der Waals surface area contributed by atoms with Gasteiger partial charge >= 0.3 is 27.6 Å². The Kier molecular flexibility index (Phi) is 31.8. The minimum absolute atomic E-state index is 0.0517. The van der Waals surface area contributed by atoms with E-state index in [9.17, 15) is 44.0 Å². The maximum atomic E-state index is 12.9. The van der Waals surface area contributed by atoms with Crippen molar-refractivity contribution in [1.82, 2.24) is 0 Å². The van der Waals surface area contributed by atoms with Crippen LogP contribution in [-0.4, -0.2) is 103 Å². The van der Waals surface area contributed by atoms with E-state index in [0.717, 1.165) is 51.4 Å². The van der Waals surface area contributed by atoms with Crippen molar-refractivity contribution in [3.8, 4) is 0 Å². The molecule has 0 heterocycles. The van der Waals surface area contributed by atoms with Gasteiger partial charge in [0.05, 0.1) is 6.61 Å². The molecule has 18 heteroatoms. The monoisotopic (exact) mass is 890 g/mol. The zero-order valence-corrected chi connectivity index (χ0v) is 37.7. The van der Waals surface area contributed by atoms with E-state index < -0.39 is 83.5 Å². The first-order valence-electron chi connectivity index (χ1n) is 22.6. The number of unbranched alkanes of at least 4 members (excludes halogenated alkanes) is 24. The Hall–Kier alpha value is -1.00. The van der Waals surface area contributed by atoms with Crippen LogP contribution in [0.5, 0.6) is 0 Å². The number of aliphatic hydroxyl groups excluding tert-OH is 4. The molecular formula is C41H80O16P2. The van der Waals surface area contributed by atoms with Crippen LogP contribution in [0.2, 0.25) is 0 Å². The average molecular weight is 891 g/mol. The summed E-state index contributed by atoms with van der Waals surface area (Å²) < 4.78 is 49.3. The SMILES string of the molecule is CCCCCCCCCCCCCCCC(=O)OCC(COP(=O)(O)O[C@@H]1[C@H](O)[C@H](OP(=O)(O)O)[C@@H](O)[C@H](O)[C@H]1O)OC(=O)CCCCCCCCCCCCCCC. The second kappa shape index (κ2) is 33.5. The van der Waals surface area contributed by atoms with E-state index in [4.69, 9.17) is 28.3 Å². The minimum atomic E-state index is -5.35. The molecule has 350 valence electrons. The number of carbonyl (C=O) groups is 2. The van der Waals surface area contributed by atoms with Gasteiger partial charge < -0.3 is 44.6 Å². The molecule has 0 aliphatic heterocycles. The molecule has 0 aromatic carbocycles. The molecular weight excluding hydrogens is 810 g/mol. The second-order valence-corrected chi connectivity index (χ2v) is 18.7. The fraction of sp³-hybridized carbons (Fsp3) is 0.951. The van der Waals surface area contributed by atoms with E-state index in [1.165, 1.54) is 103 Å². The van der Waals surface area contributed by atoms with Gasteiger partial charge in [-0.25, -0.2) is 9.13 Å². The van der Waals surface area contributed by atoms with E-state index in [1.807, 2.05) is 0 Å². The van der Waals surface area contributed by atoms with Crippen molar-refractivity contribution >= 4 is 27.6 Å². The lowest BCUT2D eigenvalue weighted by Gasteiger charge is -2.43. The Morgan fingerprint density at radius 1 is 0.475 bits per heavy atom. The Bertz CT molecular complexity index is 1170. The first-order chi connectivity index (χ1) is 28.1. The van der Waals surface area contributed by atoms with Gasteiger partial charge in [0.15, 0.2) is 6.10 Å². The van der Waals surface area contributed by atoms with Crippen LogP contribution in [0.25, 0.3) is 0 Å². The number of ether oxygens (including phenoxy) is 2. The van der Waals surface area contributed by atoms with Crippen molar-refractivity contribution in [2.24, 2.45) is 0 Å². The number of phosphoric acid groups is 2. The lowest BCUT2D eigenvalue weighted by atomic mass is 9.85. The molecule has 59 heavy (non-hydrogen) atoms. The van der Waals surface area contributed by atoms with Crippen LogP contribution < -0.4 is 0 Å². The first kappa shape index (κ1) is 56.0. The fourth-order valence-corrected chi connectivity index (χ4v) is 8.68. The molecule has 1 saturated carbocycles. The Balaban J connectivity index is 2.61. The molecule has 1 rings (SSSR count). The Morgan fingerprint density at radius 2 is 0.831 bits per heavy atom. The Morgan fingerprint density at radius 3 is 1.22 bits per heavy atom. The largest absolute Gasteiger partial charge is 0.472 e. The molecule has 7 N–H and O–H groups in total. The molecule has 1 aliphatic carbocycles. The van der Waals surface area contributed by atoms with Crippen LogP contribution in [0.3, 0.4) is 0 Å². The number of hydrogen-bond acceptors (Lipinski definition) is 13. The van der Waals surface area contributed by atoms with Gasteiger partial charge in [0.25, 0.3) is 0 Å². The van der Waals surface area contributed by atoms with Crippen molar-refractivity contribution in [1.29, 1.82) is 0 Å². The smallest absolute Gasteiger partial charge is 0.462 e. The molecule has 2 unspecified atom stereocenters. The van der Waals surface area contributed by atoms with Crippen LogP contribution in [0.1, 0.15) is 194 Å². The summed E-state index contributed by atoms with van der Waals surface area (Å²) in [5, 5.41) is 41.1. The molecule has 1 aliphatic rings. The molecule has 0 saturated heterocycles. The third-order valence-electron chi connectivity index (χ3n) is 10.7. The van der Waals surface area contributed by atoms with Gasteiger partial charge in [-0.2, -0.15) is 0 Å². The number of phosphoric ester groups is 2. The molecule has 1 fully saturated rings. The summed E-state index contributed by atoms with van der Waals surface area (Å²) >= 11 is 0. The first-order valence-corrected chi connectivity index (χ1v) is 25.6. The quantitative estimate of drug-likeness (QED) is 0.0177. The zero-order valence-electron chi connectivity index (χ0n) is 36.0. The van der Waals surface area contributed by atoms with E-state index >= 15 is 0 Å². The van der Waals surface area contributed by atoms with E-state index in [2.05, 4.69) is 18.4 Å². The van der Waals surface area contributed by atoms with Gasteiger partial charge in [0.2, 0.25) is 0 Å². The van der Waals surface area contributed by atoms with Crippen LogP contribution in [0.15, 0.2) is 0 Å². The van der Waals surface area contributed by atoms with Crippen LogP contribution >= 0.6 is 15.6 Å². The van der Waals surface area contributed by atoms with E-state index in [-0.39, 0.29) is 12.8 Å². The Labute approximate surface area is 353 Å². The lowest BCUT2D eigenvalue weighted by molar-refractivity contribution is -0.216. The highest BCUT2D eigenvalue weighted by molar-refractivity contribution is 7.47. The summed E-state index contributed by atoms with van der Waals surface area (Å²) in [4.78, 5) is 54.1. The van der Waals surface area contributed by atoms with Crippen molar-refractivity contribution in [3.05, 3.63) is 0 Å². The lowest BCUT2D eigenvalue weighted by Crippen LogP contribution is -2.64. The molecule has 0 spiro atoms. The summed E-state index contributed by atoms with van der Waals surface area (Å²) in [6, 6.07) is 0. The normalized spacial score (nSPS) is 22.5. The van der Waals surface area contributed by atoms with Crippen molar-refractivity contribution in [2.75, 3.05) is 13.2 Å². The van der Waals surface area contributed by atoms with Gasteiger partial charge in [-0.3, -0.25) is 23.2 Å². The molecule has 0 radical (unpaired) electrons. The number of rotatable bonds is 38. The van der Waals surface area contributed by atoms with Crippen LogP contribution in [-0.2, 0) is 41.8 Å². The highest BCUT2D eigenvalue weighted by Gasteiger charge is 2.54. The number of aliphatic hydroxyl groups is 4. The molecule has 0 amide bonds. The summed E-state index contributed by atoms with van der Waals surface area (Å²) in [6.07, 6.45) is 15.0. The third-order valence-corrected chi connectivity index (χ3v) is 12.2. The van der Waals surface area contributed by atoms with Crippen molar-refractivity contribution in [2.45, 2.75) is 236 Å². The third kappa shape index (κ3) is 28.3. The topological polar surface area (TPSA) is 256 Å². The maximum Gasteiger partial charge on any atom is 0.472 e. The van der Waals surface area contributed by atoms with E-state index in [1.54, 1.807) is 0 Å².